The van der Waals surface area contributed by atoms with Gasteiger partial charge in [-0.2, -0.15) is 14.0 Å². The first-order chi connectivity index (χ1) is 17.5. The molecule has 0 spiro atoms. The lowest BCUT2D eigenvalue weighted by molar-refractivity contribution is -0.198. The van der Waals surface area contributed by atoms with Crippen LogP contribution in [0, 0.1) is 11.3 Å². The summed E-state index contributed by atoms with van der Waals surface area (Å²) in [6.45, 7) is 0. The van der Waals surface area contributed by atoms with Crippen molar-refractivity contribution in [2.75, 3.05) is 19.1 Å². The van der Waals surface area contributed by atoms with Gasteiger partial charge in [0.2, 0.25) is 0 Å². The molecule has 2 unspecified atom stereocenters. The summed E-state index contributed by atoms with van der Waals surface area (Å²) in [5.74, 6) is -4.25. The zero-order valence-electron chi connectivity index (χ0n) is 19.2. The van der Waals surface area contributed by atoms with Crippen LogP contribution in [0.25, 0.3) is 0 Å². The van der Waals surface area contributed by atoms with E-state index < -0.39 is 41.0 Å². The molecule has 2 atom stereocenters. The molecule has 0 saturated heterocycles. The van der Waals surface area contributed by atoms with E-state index in [0.717, 1.165) is 31.3 Å². The molecule has 0 amide bonds. The molecular formula is C24H18Cl2F3N3O5. The van der Waals surface area contributed by atoms with Crippen LogP contribution < -0.4 is 15.4 Å². The first kappa shape index (κ1) is 27.7. The molecule has 1 aliphatic rings. The van der Waals surface area contributed by atoms with Crippen molar-refractivity contribution in [2.24, 2.45) is 5.73 Å². The highest BCUT2D eigenvalue weighted by Gasteiger charge is 2.44. The van der Waals surface area contributed by atoms with Gasteiger partial charge in [-0.3, -0.25) is 4.90 Å². The fourth-order valence-corrected chi connectivity index (χ4v) is 3.88. The molecule has 194 valence electrons. The molecule has 0 saturated carbocycles. The van der Waals surface area contributed by atoms with Gasteiger partial charge in [0.05, 0.1) is 48.1 Å². The van der Waals surface area contributed by atoms with Crippen molar-refractivity contribution in [1.82, 2.24) is 0 Å². The van der Waals surface area contributed by atoms with Crippen molar-refractivity contribution in [2.45, 2.75) is 17.7 Å². The predicted molar refractivity (Wildman–Crippen MR) is 127 cm³/mol. The average molecular weight is 556 g/mol. The second-order valence-corrected chi connectivity index (χ2v) is 8.20. The number of hydrogen-bond donors (Lipinski definition) is 1. The highest BCUT2D eigenvalue weighted by Crippen LogP contribution is 2.44. The number of rotatable bonds is 7. The van der Waals surface area contributed by atoms with Crippen LogP contribution in [-0.4, -0.2) is 37.9 Å². The smallest absolute Gasteiger partial charge is 0.444 e. The van der Waals surface area contributed by atoms with E-state index in [0.29, 0.717) is 5.56 Å². The van der Waals surface area contributed by atoms with Crippen LogP contribution in [0.5, 0.6) is 5.75 Å². The number of carbonyl (C=O) groups is 2. The number of nitriles is 1. The molecule has 8 nitrogen and oxygen atoms in total. The van der Waals surface area contributed by atoms with Crippen LogP contribution in [0.15, 0.2) is 71.2 Å². The van der Waals surface area contributed by atoms with Crippen LogP contribution in [0.3, 0.4) is 0 Å². The van der Waals surface area contributed by atoms with E-state index in [1.165, 1.54) is 6.07 Å². The summed E-state index contributed by atoms with van der Waals surface area (Å²) < 4.78 is 55.1. The monoisotopic (exact) mass is 555 g/mol. The summed E-state index contributed by atoms with van der Waals surface area (Å²) in [7, 11) is 2.11. The molecule has 37 heavy (non-hydrogen) atoms. The number of anilines is 1. The summed E-state index contributed by atoms with van der Waals surface area (Å²) in [5, 5.41) is 9.66. The lowest BCUT2D eigenvalue weighted by Gasteiger charge is -2.36. The minimum absolute atomic E-state index is 0.154. The van der Waals surface area contributed by atoms with Gasteiger partial charge >= 0.3 is 18.0 Å². The Hall–Kier alpha value is -3.88. The lowest BCUT2D eigenvalue weighted by atomic mass is 9.81. The maximum Gasteiger partial charge on any atom is 0.444 e. The minimum atomic E-state index is -4.47. The first-order valence-corrected chi connectivity index (χ1v) is 11.1. The second-order valence-electron chi connectivity index (χ2n) is 7.41. The molecule has 0 radical (unpaired) electrons. The molecule has 1 aliphatic heterocycles. The van der Waals surface area contributed by atoms with Crippen molar-refractivity contribution < 1.29 is 37.0 Å². The van der Waals surface area contributed by atoms with Crippen molar-refractivity contribution in [3.05, 3.63) is 81.8 Å². The normalized spacial score (nSPS) is 16.7. The van der Waals surface area contributed by atoms with Crippen molar-refractivity contribution >= 4 is 40.8 Å². The Bertz CT molecular complexity index is 1330. The highest BCUT2D eigenvalue weighted by molar-refractivity contribution is 6.32. The van der Waals surface area contributed by atoms with Gasteiger partial charge in [-0.1, -0.05) is 53.5 Å². The van der Waals surface area contributed by atoms with E-state index in [1.54, 1.807) is 30.3 Å². The molecule has 0 aromatic heterocycles. The van der Waals surface area contributed by atoms with Crippen LogP contribution in [0.4, 0.5) is 18.9 Å². The van der Waals surface area contributed by atoms with Crippen LogP contribution in [0.2, 0.25) is 5.02 Å². The number of esters is 2. The van der Waals surface area contributed by atoms with Crippen LogP contribution in [0.1, 0.15) is 11.5 Å². The van der Waals surface area contributed by atoms with Gasteiger partial charge < -0.3 is 19.9 Å². The zero-order chi connectivity index (χ0) is 27.5. The fraction of sp³-hybridized carbons (Fsp3) is 0.208. The number of carbonyl (C=O) groups excluding carboxylic acids is 2. The van der Waals surface area contributed by atoms with E-state index in [4.69, 9.17) is 38.4 Å². The molecule has 2 N–H and O–H groups in total. The number of alkyl halides is 4. The third-order valence-corrected chi connectivity index (χ3v) is 5.85. The molecule has 2 aromatic rings. The fourth-order valence-electron chi connectivity index (χ4n) is 3.68. The number of nitrogens with zero attached hydrogens (tertiary/aromatic N) is 2. The maximum atomic E-state index is 13.9. The standard InChI is InChI=1S/C24H18Cl2F3N3O5/c1-35-21(33)18-17(12-6-4-3-5-7-12)14(11-30)20(31)32(19(18)22(34)36-2)13-8-9-15(25)16(10-13)37-24(28,29)23(26)27/h3-10,17,23H,31H2,1-2H3. The number of ether oxygens (including phenoxy) is 3. The SMILES string of the molecule is COC(=O)C1=C(C(=O)OC)N(c2ccc(Cl)c(OC(F)(F)C(F)Cl)c2)C(N)=C(C#N)C1c1ccccc1. The molecule has 1 heterocycles. The Labute approximate surface area is 219 Å². The third kappa shape index (κ3) is 5.30. The van der Waals surface area contributed by atoms with Crippen molar-refractivity contribution in [3.63, 3.8) is 0 Å². The Morgan fingerprint density at radius 1 is 1.14 bits per heavy atom. The Morgan fingerprint density at radius 2 is 1.76 bits per heavy atom. The Balaban J connectivity index is 2.35. The molecule has 13 heteroatoms. The number of benzene rings is 2. The van der Waals surface area contributed by atoms with Crippen molar-refractivity contribution in [3.8, 4) is 11.8 Å². The molecule has 0 aliphatic carbocycles. The molecular weight excluding hydrogens is 538 g/mol. The van der Waals surface area contributed by atoms with E-state index >= 15 is 0 Å². The maximum absolute atomic E-state index is 13.9. The van der Waals surface area contributed by atoms with E-state index in [-0.39, 0.29) is 27.7 Å². The second kappa shape index (κ2) is 11.0. The van der Waals surface area contributed by atoms with Crippen LogP contribution in [-0.2, 0) is 19.1 Å². The van der Waals surface area contributed by atoms with Crippen LogP contribution >= 0.6 is 23.2 Å². The molecule has 3 rings (SSSR count). The van der Waals surface area contributed by atoms with E-state index in [9.17, 15) is 28.0 Å². The highest BCUT2D eigenvalue weighted by atomic mass is 35.5. The number of nitrogens with two attached hydrogens (primary N) is 1. The van der Waals surface area contributed by atoms with Gasteiger partial charge in [0.1, 0.15) is 17.3 Å². The summed E-state index contributed by atoms with van der Waals surface area (Å²) in [6.07, 6.45) is -4.47. The summed E-state index contributed by atoms with van der Waals surface area (Å²) >= 11 is 10.8. The molecule has 2 aromatic carbocycles. The number of halogens is 5. The summed E-state index contributed by atoms with van der Waals surface area (Å²) in [6, 6.07) is 13.4. The van der Waals surface area contributed by atoms with E-state index in [1.807, 2.05) is 6.07 Å². The first-order valence-electron chi connectivity index (χ1n) is 10.3. The number of hydrogen-bond acceptors (Lipinski definition) is 8. The topological polar surface area (TPSA) is 115 Å². The van der Waals surface area contributed by atoms with Gasteiger partial charge in [-0.25, -0.2) is 14.0 Å². The summed E-state index contributed by atoms with van der Waals surface area (Å²) in [5.41, 5.74) is 2.47. The largest absolute Gasteiger partial charge is 0.466 e. The quantitative estimate of drug-likeness (QED) is 0.384. The predicted octanol–water partition coefficient (Wildman–Crippen LogP) is 4.74. The molecule has 0 fully saturated rings. The third-order valence-electron chi connectivity index (χ3n) is 5.28. The van der Waals surface area contributed by atoms with Gasteiger partial charge in [0, 0.05) is 6.07 Å². The van der Waals surface area contributed by atoms with E-state index in [2.05, 4.69) is 4.74 Å². The number of methoxy groups -OCH3 is 2. The lowest BCUT2D eigenvalue weighted by Crippen LogP contribution is -2.40. The Kier molecular flexibility index (Phi) is 8.25. The van der Waals surface area contributed by atoms with Gasteiger partial charge in [0.15, 0.2) is 0 Å². The number of allylic oxidation sites excluding steroid dienone is 1. The molecule has 0 bridgehead atoms. The van der Waals surface area contributed by atoms with Gasteiger partial charge in [-0.15, -0.1) is 0 Å². The Morgan fingerprint density at radius 3 is 2.30 bits per heavy atom. The van der Waals surface area contributed by atoms with Gasteiger partial charge in [-0.05, 0) is 17.7 Å². The zero-order valence-corrected chi connectivity index (χ0v) is 20.7. The minimum Gasteiger partial charge on any atom is -0.466 e. The van der Waals surface area contributed by atoms with Gasteiger partial charge in [0.25, 0.3) is 5.63 Å². The summed E-state index contributed by atoms with van der Waals surface area (Å²) in [4.78, 5) is 27.0. The average Bonchev–Trinajstić information content (AvgIpc) is 2.88. The van der Waals surface area contributed by atoms with Crippen molar-refractivity contribution in [1.29, 1.82) is 5.26 Å².